The van der Waals surface area contributed by atoms with Crippen LogP contribution < -0.4 is 16.2 Å². The van der Waals surface area contributed by atoms with E-state index >= 15 is 0 Å². The van der Waals surface area contributed by atoms with Crippen molar-refractivity contribution < 1.29 is 4.39 Å². The Balaban J connectivity index is 1.46. The topological polar surface area (TPSA) is 89.7 Å². The summed E-state index contributed by atoms with van der Waals surface area (Å²) >= 11 is 0. The highest BCUT2D eigenvalue weighted by atomic mass is 19.1. The third-order valence-corrected chi connectivity index (χ3v) is 6.41. The van der Waals surface area contributed by atoms with Crippen LogP contribution in [0.2, 0.25) is 0 Å². The van der Waals surface area contributed by atoms with E-state index < -0.39 is 5.67 Å². The first kappa shape index (κ1) is 21.0. The van der Waals surface area contributed by atoms with E-state index in [9.17, 15) is 9.18 Å². The zero-order valence-corrected chi connectivity index (χ0v) is 19.2. The first-order valence-corrected chi connectivity index (χ1v) is 11.6. The molecule has 6 rings (SSSR count). The molecule has 9 heteroatoms. The molecule has 4 aromatic rings. The number of pyridine rings is 1. The standard InChI is InChI=1S/C25H26FN7O/c1-25(2,26)24-28-10-8-22(31-24)33-20-12-21(29-14-19(20)23(34)32(33)18-5-6-18)30-17-4-3-15-7-9-27-13-16(15)11-17/h3-4,8,10-12,14,18,27H,5-7,9,13H2,1-2H3,(H,29,30). The Labute approximate surface area is 195 Å². The summed E-state index contributed by atoms with van der Waals surface area (Å²) in [4.78, 5) is 26.4. The molecule has 1 fully saturated rings. The molecule has 0 spiro atoms. The van der Waals surface area contributed by atoms with E-state index in [2.05, 4.69) is 43.8 Å². The number of hydrogen-bond acceptors (Lipinski definition) is 6. The van der Waals surface area contributed by atoms with Crippen molar-refractivity contribution in [1.82, 2.24) is 29.6 Å². The van der Waals surface area contributed by atoms with Gasteiger partial charge in [0.25, 0.3) is 5.56 Å². The molecule has 8 nitrogen and oxygen atoms in total. The van der Waals surface area contributed by atoms with Crippen LogP contribution >= 0.6 is 0 Å². The monoisotopic (exact) mass is 459 g/mol. The van der Waals surface area contributed by atoms with Gasteiger partial charge in [-0.25, -0.2) is 28.7 Å². The molecule has 0 atom stereocenters. The number of rotatable bonds is 5. The molecule has 0 amide bonds. The maximum absolute atomic E-state index is 14.6. The van der Waals surface area contributed by atoms with E-state index in [4.69, 9.17) is 0 Å². The molecule has 0 saturated heterocycles. The third kappa shape index (κ3) is 3.66. The molecule has 4 heterocycles. The number of benzene rings is 1. The van der Waals surface area contributed by atoms with E-state index in [1.54, 1.807) is 21.6 Å². The summed E-state index contributed by atoms with van der Waals surface area (Å²) in [5.41, 5.74) is 2.44. The highest BCUT2D eigenvalue weighted by Crippen LogP contribution is 2.36. The SMILES string of the molecule is CC(C)(F)c1nccc(-n2c3cc(Nc4ccc5c(c4)CNCC5)ncc3c(=O)n2C2CC2)n1. The van der Waals surface area contributed by atoms with Gasteiger partial charge in [0.05, 0.1) is 16.9 Å². The molecule has 1 aliphatic carbocycles. The van der Waals surface area contributed by atoms with Crippen LogP contribution in [0.5, 0.6) is 0 Å². The molecule has 3 aromatic heterocycles. The lowest BCUT2D eigenvalue weighted by Gasteiger charge is -2.18. The van der Waals surface area contributed by atoms with Crippen LogP contribution in [0.4, 0.5) is 15.9 Å². The van der Waals surface area contributed by atoms with Gasteiger partial charge in [-0.15, -0.1) is 0 Å². The van der Waals surface area contributed by atoms with Crippen LogP contribution in [0, 0.1) is 0 Å². The van der Waals surface area contributed by atoms with Gasteiger partial charge in [0.15, 0.2) is 17.3 Å². The lowest BCUT2D eigenvalue weighted by Crippen LogP contribution is -2.23. The van der Waals surface area contributed by atoms with E-state index in [0.717, 1.165) is 38.0 Å². The quantitative estimate of drug-likeness (QED) is 0.470. The van der Waals surface area contributed by atoms with E-state index in [1.165, 1.54) is 31.2 Å². The summed E-state index contributed by atoms with van der Waals surface area (Å²) in [6, 6.07) is 10.00. The minimum atomic E-state index is -1.70. The lowest BCUT2D eigenvalue weighted by atomic mass is 10.0. The van der Waals surface area contributed by atoms with E-state index in [0.29, 0.717) is 22.5 Å². The zero-order valence-electron chi connectivity index (χ0n) is 19.2. The predicted molar refractivity (Wildman–Crippen MR) is 128 cm³/mol. The Hall–Kier alpha value is -3.59. The molecule has 0 radical (unpaired) electrons. The minimum Gasteiger partial charge on any atom is -0.340 e. The van der Waals surface area contributed by atoms with Crippen LogP contribution in [0.3, 0.4) is 0 Å². The van der Waals surface area contributed by atoms with Crippen molar-refractivity contribution in [2.75, 3.05) is 11.9 Å². The smallest absolute Gasteiger partial charge is 0.276 e. The van der Waals surface area contributed by atoms with Crippen LogP contribution in [-0.4, -0.2) is 30.9 Å². The average molecular weight is 460 g/mol. The van der Waals surface area contributed by atoms with Gasteiger partial charge in [-0.05, 0) is 62.9 Å². The normalized spacial score (nSPS) is 16.0. The molecule has 1 saturated carbocycles. The Morgan fingerprint density at radius 3 is 2.79 bits per heavy atom. The Morgan fingerprint density at radius 1 is 1.15 bits per heavy atom. The lowest BCUT2D eigenvalue weighted by molar-refractivity contribution is 0.206. The summed E-state index contributed by atoms with van der Waals surface area (Å²) in [5, 5.41) is 7.28. The summed E-state index contributed by atoms with van der Waals surface area (Å²) < 4.78 is 18.1. The molecular formula is C25H26FN7O. The van der Waals surface area contributed by atoms with Crippen molar-refractivity contribution in [3.63, 3.8) is 0 Å². The van der Waals surface area contributed by atoms with Gasteiger partial charge in [-0.2, -0.15) is 0 Å². The number of alkyl halides is 1. The van der Waals surface area contributed by atoms with Crippen molar-refractivity contribution in [1.29, 1.82) is 0 Å². The second kappa shape index (κ2) is 7.73. The van der Waals surface area contributed by atoms with Gasteiger partial charge < -0.3 is 10.6 Å². The molecule has 0 bridgehead atoms. The van der Waals surface area contributed by atoms with Crippen molar-refractivity contribution >= 4 is 22.4 Å². The Bertz CT molecular complexity index is 1460. The number of hydrogen-bond donors (Lipinski definition) is 2. The minimum absolute atomic E-state index is 0.0803. The Kier molecular flexibility index (Phi) is 4.77. The van der Waals surface area contributed by atoms with Gasteiger partial charge in [0, 0.05) is 36.8 Å². The molecule has 1 aliphatic heterocycles. The van der Waals surface area contributed by atoms with Crippen molar-refractivity contribution in [2.45, 2.75) is 51.4 Å². The molecule has 1 aromatic carbocycles. The van der Waals surface area contributed by atoms with Gasteiger partial charge in [-0.3, -0.25) is 4.79 Å². The largest absolute Gasteiger partial charge is 0.340 e. The Morgan fingerprint density at radius 2 is 2.00 bits per heavy atom. The maximum atomic E-state index is 14.6. The van der Waals surface area contributed by atoms with Crippen LogP contribution in [-0.2, 0) is 18.6 Å². The summed E-state index contributed by atoms with van der Waals surface area (Å²) in [6.45, 7) is 4.70. The van der Waals surface area contributed by atoms with Crippen LogP contribution in [0.1, 0.15) is 49.7 Å². The third-order valence-electron chi connectivity index (χ3n) is 6.41. The second-order valence-corrected chi connectivity index (χ2v) is 9.53. The van der Waals surface area contributed by atoms with Gasteiger partial charge in [-0.1, -0.05) is 6.07 Å². The predicted octanol–water partition coefficient (Wildman–Crippen LogP) is 3.91. The summed E-state index contributed by atoms with van der Waals surface area (Å²) in [7, 11) is 0. The van der Waals surface area contributed by atoms with Gasteiger partial charge in [0.1, 0.15) is 5.82 Å². The highest BCUT2D eigenvalue weighted by molar-refractivity contribution is 5.82. The average Bonchev–Trinajstić information content (AvgIpc) is 3.62. The fourth-order valence-corrected chi connectivity index (χ4v) is 4.53. The molecule has 0 unspecified atom stereocenters. The van der Waals surface area contributed by atoms with Gasteiger partial charge >= 0.3 is 0 Å². The van der Waals surface area contributed by atoms with E-state index in [-0.39, 0.29) is 17.4 Å². The van der Waals surface area contributed by atoms with E-state index in [1.807, 2.05) is 6.07 Å². The van der Waals surface area contributed by atoms with Crippen LogP contribution in [0.25, 0.3) is 16.7 Å². The summed E-state index contributed by atoms with van der Waals surface area (Å²) in [6.07, 6.45) is 6.01. The molecular weight excluding hydrogens is 433 g/mol. The molecule has 34 heavy (non-hydrogen) atoms. The summed E-state index contributed by atoms with van der Waals surface area (Å²) in [5.74, 6) is 1.17. The molecule has 174 valence electrons. The first-order chi connectivity index (χ1) is 16.4. The number of halogens is 1. The fraction of sp³-hybridized carbons (Fsp3) is 0.360. The number of aromatic nitrogens is 5. The highest BCUT2D eigenvalue weighted by Gasteiger charge is 2.31. The first-order valence-electron chi connectivity index (χ1n) is 11.6. The zero-order chi connectivity index (χ0) is 23.4. The van der Waals surface area contributed by atoms with Gasteiger partial charge in [0.2, 0.25) is 0 Å². The number of nitrogens with one attached hydrogen (secondary N) is 2. The van der Waals surface area contributed by atoms with Crippen molar-refractivity contribution in [3.8, 4) is 5.82 Å². The van der Waals surface area contributed by atoms with Crippen molar-refractivity contribution in [3.05, 3.63) is 70.0 Å². The number of anilines is 2. The number of nitrogens with zero attached hydrogens (tertiary/aromatic N) is 5. The fourth-order valence-electron chi connectivity index (χ4n) is 4.53. The molecule has 2 aliphatic rings. The second-order valence-electron chi connectivity index (χ2n) is 9.53. The van der Waals surface area contributed by atoms with Crippen molar-refractivity contribution in [2.24, 2.45) is 0 Å². The number of fused-ring (bicyclic) bond motifs is 2. The maximum Gasteiger partial charge on any atom is 0.276 e. The molecule has 2 N–H and O–H groups in total. The van der Waals surface area contributed by atoms with Crippen LogP contribution in [0.15, 0.2) is 47.5 Å².